The van der Waals surface area contributed by atoms with E-state index >= 15 is 0 Å². The van der Waals surface area contributed by atoms with Crippen molar-refractivity contribution in [3.8, 4) is 0 Å². The lowest BCUT2D eigenvalue weighted by molar-refractivity contribution is -0.384. The number of nitrogens with zero attached hydrogens (tertiary/aromatic N) is 1. The van der Waals surface area contributed by atoms with Crippen molar-refractivity contribution in [3.05, 3.63) is 38.9 Å². The van der Waals surface area contributed by atoms with Gasteiger partial charge < -0.3 is 0 Å². The van der Waals surface area contributed by atoms with E-state index in [2.05, 4.69) is 12.6 Å². The van der Waals surface area contributed by atoms with Gasteiger partial charge in [-0.1, -0.05) is 11.6 Å². The molecule has 0 atom stereocenters. The maximum atomic E-state index is 11.5. The quantitative estimate of drug-likeness (QED) is 0.286. The Bertz CT molecular complexity index is 478. The number of nitro groups is 1. The van der Waals surface area contributed by atoms with Crippen molar-refractivity contribution in [3.63, 3.8) is 0 Å². The van der Waals surface area contributed by atoms with Gasteiger partial charge in [0.05, 0.1) is 9.95 Å². The lowest BCUT2D eigenvalue weighted by Crippen LogP contribution is -1.98. The molecule has 1 aromatic carbocycles. The number of benzene rings is 1. The molecule has 0 bridgehead atoms. The Morgan fingerprint density at radius 2 is 2.19 bits per heavy atom. The zero-order valence-corrected chi connectivity index (χ0v) is 10.1. The predicted octanol–water partition coefficient (Wildman–Crippen LogP) is 2.99. The second kappa shape index (κ2) is 5.33. The van der Waals surface area contributed by atoms with E-state index in [0.717, 1.165) is 6.07 Å². The number of thioether (sulfide) groups is 1. The number of non-ortho nitro benzene ring substituents is 1. The second-order valence-electron chi connectivity index (χ2n) is 2.62. The van der Waals surface area contributed by atoms with Gasteiger partial charge in [0.1, 0.15) is 4.38 Å². The zero-order valence-electron chi connectivity index (χ0n) is 7.64. The van der Waals surface area contributed by atoms with E-state index in [9.17, 15) is 14.9 Å². The van der Waals surface area contributed by atoms with Crippen molar-refractivity contribution >= 4 is 51.2 Å². The van der Waals surface area contributed by atoms with Gasteiger partial charge in [-0.3, -0.25) is 20.3 Å². The molecule has 0 saturated carbocycles. The summed E-state index contributed by atoms with van der Waals surface area (Å²) in [5.41, 5.74) is -0.0661. The number of carbonyl (C=O) groups excluding carboxylic acids is 1. The summed E-state index contributed by atoms with van der Waals surface area (Å²) in [5, 5.41) is 16.9. The molecule has 0 spiro atoms. The predicted molar refractivity (Wildman–Crippen MR) is 66.7 cm³/mol. The van der Waals surface area contributed by atoms with E-state index in [1.165, 1.54) is 12.1 Å². The molecule has 0 aliphatic rings. The first kappa shape index (κ1) is 13.0. The fourth-order valence-electron chi connectivity index (χ4n) is 0.926. The standard InChI is InChI=1S/C8H5ClN2O3S2/c9-6-3-4(11(13)14)1-2-5(6)7(12)16-8(10)15/h1-3H,(H2,10,15). The van der Waals surface area contributed by atoms with E-state index in [1.54, 1.807) is 0 Å². The third-order valence-corrected chi connectivity index (χ3v) is 2.76. The molecule has 16 heavy (non-hydrogen) atoms. The normalized spacial score (nSPS) is 9.88. The summed E-state index contributed by atoms with van der Waals surface area (Å²) in [6.07, 6.45) is 0. The third-order valence-electron chi connectivity index (χ3n) is 1.57. The number of nitrogens with one attached hydrogen (secondary N) is 1. The highest BCUT2D eigenvalue weighted by Crippen LogP contribution is 2.26. The lowest BCUT2D eigenvalue weighted by atomic mass is 10.2. The van der Waals surface area contributed by atoms with Crippen molar-refractivity contribution < 1.29 is 9.72 Å². The molecule has 0 heterocycles. The van der Waals surface area contributed by atoms with E-state index in [-0.39, 0.29) is 20.6 Å². The van der Waals surface area contributed by atoms with Gasteiger partial charge in [-0.15, -0.1) is 12.6 Å². The molecule has 0 saturated heterocycles. The van der Waals surface area contributed by atoms with Crippen LogP contribution in [0, 0.1) is 15.5 Å². The molecule has 1 N–H and O–H groups in total. The number of halogens is 1. The maximum Gasteiger partial charge on any atom is 0.270 e. The molecule has 0 fully saturated rings. The summed E-state index contributed by atoms with van der Waals surface area (Å²) in [5.74, 6) is 0. The average molecular weight is 277 g/mol. The van der Waals surface area contributed by atoms with E-state index in [0.29, 0.717) is 11.8 Å². The summed E-state index contributed by atoms with van der Waals surface area (Å²) < 4.78 is -0.167. The Kier molecular flexibility index (Phi) is 4.34. The SMILES string of the molecule is N=C(S)SC(=O)c1ccc([N+](=O)[O-])cc1Cl. The largest absolute Gasteiger partial charge is 0.288 e. The Morgan fingerprint density at radius 3 is 2.62 bits per heavy atom. The molecule has 0 aromatic heterocycles. The van der Waals surface area contributed by atoms with Crippen LogP contribution in [0.1, 0.15) is 10.4 Å². The van der Waals surface area contributed by atoms with E-state index in [4.69, 9.17) is 17.0 Å². The van der Waals surface area contributed by atoms with Gasteiger partial charge in [0.2, 0.25) is 5.12 Å². The van der Waals surface area contributed by atoms with Crippen LogP contribution in [-0.2, 0) is 0 Å². The van der Waals surface area contributed by atoms with Crippen molar-refractivity contribution in [2.45, 2.75) is 0 Å². The van der Waals surface area contributed by atoms with Crippen LogP contribution in [0.15, 0.2) is 18.2 Å². The smallest absolute Gasteiger partial charge is 0.270 e. The van der Waals surface area contributed by atoms with E-state index < -0.39 is 10.0 Å². The lowest BCUT2D eigenvalue weighted by Gasteiger charge is -2.01. The number of rotatable bonds is 2. The first-order valence-electron chi connectivity index (χ1n) is 3.85. The summed E-state index contributed by atoms with van der Waals surface area (Å²) in [4.78, 5) is 21.3. The van der Waals surface area contributed by atoms with E-state index in [1.807, 2.05) is 0 Å². The van der Waals surface area contributed by atoms with Crippen LogP contribution in [0.2, 0.25) is 5.02 Å². The molecule has 8 heteroatoms. The highest BCUT2D eigenvalue weighted by Gasteiger charge is 2.15. The Hall–Kier alpha value is -1.05. The zero-order chi connectivity index (χ0) is 12.3. The maximum absolute atomic E-state index is 11.5. The molecule has 1 rings (SSSR count). The van der Waals surface area contributed by atoms with Gasteiger partial charge >= 0.3 is 0 Å². The fraction of sp³-hybridized carbons (Fsp3) is 0. The molecule has 0 aliphatic heterocycles. The Morgan fingerprint density at radius 1 is 1.56 bits per heavy atom. The first-order chi connectivity index (χ1) is 7.41. The Labute approximate surface area is 105 Å². The Balaban J connectivity index is 3.03. The van der Waals surface area contributed by atoms with Crippen molar-refractivity contribution in [1.29, 1.82) is 5.41 Å². The molecule has 0 unspecified atom stereocenters. The molecule has 1 aromatic rings. The topological polar surface area (TPSA) is 84.1 Å². The van der Waals surface area contributed by atoms with Gasteiger partial charge in [-0.25, -0.2) is 0 Å². The number of nitro benzene ring substituents is 1. The second-order valence-corrected chi connectivity index (χ2v) is 4.76. The van der Waals surface area contributed by atoms with Crippen LogP contribution in [0.5, 0.6) is 0 Å². The highest BCUT2D eigenvalue weighted by atomic mass is 35.5. The minimum Gasteiger partial charge on any atom is -0.288 e. The van der Waals surface area contributed by atoms with Crippen LogP contribution in [0.25, 0.3) is 0 Å². The first-order valence-corrected chi connectivity index (χ1v) is 5.49. The van der Waals surface area contributed by atoms with Crippen molar-refractivity contribution in [1.82, 2.24) is 0 Å². The number of hydrogen-bond acceptors (Lipinski definition) is 5. The average Bonchev–Trinajstić information content (AvgIpc) is 2.15. The van der Waals surface area contributed by atoms with Gasteiger partial charge in [0, 0.05) is 17.7 Å². The third kappa shape index (κ3) is 3.22. The number of hydrogen-bond donors (Lipinski definition) is 2. The molecular formula is C8H5ClN2O3S2. The van der Waals surface area contributed by atoms with Crippen LogP contribution >= 0.6 is 36.0 Å². The molecule has 5 nitrogen and oxygen atoms in total. The molecule has 0 radical (unpaired) electrons. The van der Waals surface area contributed by atoms with Gasteiger partial charge in [0.15, 0.2) is 0 Å². The van der Waals surface area contributed by atoms with Gasteiger partial charge in [0.25, 0.3) is 5.69 Å². The van der Waals surface area contributed by atoms with Crippen LogP contribution in [0.4, 0.5) is 5.69 Å². The van der Waals surface area contributed by atoms with Crippen LogP contribution in [-0.4, -0.2) is 14.4 Å². The molecule has 0 aliphatic carbocycles. The number of thiol groups is 1. The highest BCUT2D eigenvalue weighted by molar-refractivity contribution is 8.40. The minimum atomic E-state index is -0.603. The van der Waals surface area contributed by atoms with Gasteiger partial charge in [-0.2, -0.15) is 0 Å². The number of carbonyl (C=O) groups is 1. The minimum absolute atomic E-state index is 0.0127. The molecule has 0 amide bonds. The summed E-state index contributed by atoms with van der Waals surface area (Å²) in [7, 11) is 0. The molecule has 84 valence electrons. The van der Waals surface area contributed by atoms with Crippen LogP contribution in [0.3, 0.4) is 0 Å². The molecular weight excluding hydrogens is 272 g/mol. The summed E-state index contributed by atoms with van der Waals surface area (Å²) >= 11 is 9.96. The monoisotopic (exact) mass is 276 g/mol. The van der Waals surface area contributed by atoms with Crippen LogP contribution < -0.4 is 0 Å². The summed E-state index contributed by atoms with van der Waals surface area (Å²) in [6, 6.07) is 3.53. The van der Waals surface area contributed by atoms with Crippen molar-refractivity contribution in [2.75, 3.05) is 0 Å². The summed E-state index contributed by atoms with van der Waals surface area (Å²) in [6.45, 7) is 0. The van der Waals surface area contributed by atoms with Gasteiger partial charge in [-0.05, 0) is 17.8 Å². The fourth-order valence-corrected chi connectivity index (χ4v) is 1.95. The van der Waals surface area contributed by atoms with Crippen molar-refractivity contribution in [2.24, 2.45) is 0 Å².